The SMILES string of the molecule is O=C(Nc1ccc2c(c1)N(C(=O)C1CC1)CC2)c1cnc2ccccc2n1. The Hall–Kier alpha value is -3.28. The summed E-state index contributed by atoms with van der Waals surface area (Å²) in [6, 6.07) is 13.2. The second kappa shape index (κ2) is 6.16. The van der Waals surface area contributed by atoms with E-state index >= 15 is 0 Å². The highest BCUT2D eigenvalue weighted by atomic mass is 16.2. The highest BCUT2D eigenvalue weighted by molar-refractivity contribution is 6.04. The lowest BCUT2D eigenvalue weighted by Crippen LogP contribution is -2.30. The van der Waals surface area contributed by atoms with Crippen molar-refractivity contribution >= 4 is 34.2 Å². The molecule has 0 unspecified atom stereocenters. The maximum atomic E-state index is 12.6. The Bertz CT molecular complexity index is 1070. The third kappa shape index (κ3) is 2.93. The first-order valence-electron chi connectivity index (χ1n) is 9.16. The molecule has 3 aromatic rings. The summed E-state index contributed by atoms with van der Waals surface area (Å²) in [7, 11) is 0. The predicted molar refractivity (Wildman–Crippen MR) is 103 cm³/mol. The second-order valence-corrected chi connectivity index (χ2v) is 7.06. The number of aromatic nitrogens is 2. The largest absolute Gasteiger partial charge is 0.321 e. The molecule has 0 spiro atoms. The van der Waals surface area contributed by atoms with Gasteiger partial charge in [-0.15, -0.1) is 0 Å². The van der Waals surface area contributed by atoms with Gasteiger partial charge in [-0.2, -0.15) is 0 Å². The van der Waals surface area contributed by atoms with Crippen molar-refractivity contribution in [3.8, 4) is 0 Å². The summed E-state index contributed by atoms with van der Waals surface area (Å²) in [6.45, 7) is 0.720. The van der Waals surface area contributed by atoms with Crippen LogP contribution in [-0.4, -0.2) is 28.3 Å². The summed E-state index contributed by atoms with van der Waals surface area (Å²) in [4.78, 5) is 35.6. The van der Waals surface area contributed by atoms with E-state index in [0.717, 1.165) is 42.6 Å². The summed E-state index contributed by atoms with van der Waals surface area (Å²) >= 11 is 0. The number of anilines is 2. The van der Waals surface area contributed by atoms with Crippen molar-refractivity contribution in [1.82, 2.24) is 9.97 Å². The minimum absolute atomic E-state index is 0.182. The van der Waals surface area contributed by atoms with E-state index in [1.54, 1.807) is 0 Å². The number of rotatable bonds is 3. The zero-order chi connectivity index (χ0) is 18.4. The number of carbonyl (C=O) groups excluding carboxylic acids is 2. The fourth-order valence-corrected chi connectivity index (χ4v) is 3.50. The Morgan fingerprint density at radius 1 is 1.07 bits per heavy atom. The van der Waals surface area contributed by atoms with Crippen molar-refractivity contribution in [2.45, 2.75) is 19.3 Å². The molecule has 0 atom stereocenters. The number of fused-ring (bicyclic) bond motifs is 2. The molecule has 2 aliphatic rings. The van der Waals surface area contributed by atoms with E-state index in [0.29, 0.717) is 11.2 Å². The average Bonchev–Trinajstić information content (AvgIpc) is 3.47. The predicted octanol–water partition coefficient (Wildman–Crippen LogP) is 3.18. The third-order valence-corrected chi connectivity index (χ3v) is 5.11. The van der Waals surface area contributed by atoms with Crippen LogP contribution >= 0.6 is 0 Å². The number of benzene rings is 2. The Kier molecular flexibility index (Phi) is 3.63. The Morgan fingerprint density at radius 2 is 1.89 bits per heavy atom. The van der Waals surface area contributed by atoms with Gasteiger partial charge in [0.05, 0.1) is 17.2 Å². The van der Waals surface area contributed by atoms with Crippen molar-refractivity contribution in [2.24, 2.45) is 5.92 Å². The van der Waals surface area contributed by atoms with Crippen molar-refractivity contribution in [3.05, 3.63) is 59.9 Å². The van der Waals surface area contributed by atoms with Gasteiger partial charge in [-0.25, -0.2) is 4.98 Å². The molecule has 5 rings (SSSR count). The molecule has 0 radical (unpaired) electrons. The van der Waals surface area contributed by atoms with Crippen LogP contribution in [0.15, 0.2) is 48.7 Å². The van der Waals surface area contributed by atoms with Crippen molar-refractivity contribution in [3.63, 3.8) is 0 Å². The molecule has 1 aliphatic heterocycles. The summed E-state index contributed by atoms with van der Waals surface area (Å²) in [6.07, 6.45) is 4.32. The molecule has 27 heavy (non-hydrogen) atoms. The maximum absolute atomic E-state index is 12.6. The van der Waals surface area contributed by atoms with Crippen molar-refractivity contribution in [1.29, 1.82) is 0 Å². The van der Waals surface area contributed by atoms with Crippen molar-refractivity contribution in [2.75, 3.05) is 16.8 Å². The third-order valence-electron chi connectivity index (χ3n) is 5.11. The molecular weight excluding hydrogens is 340 g/mol. The molecular formula is C21H18N4O2. The van der Waals surface area contributed by atoms with Crippen LogP contribution in [-0.2, 0) is 11.2 Å². The van der Waals surface area contributed by atoms with E-state index < -0.39 is 0 Å². The van der Waals surface area contributed by atoms with Crippen LogP contribution in [0.3, 0.4) is 0 Å². The zero-order valence-electron chi connectivity index (χ0n) is 14.7. The molecule has 0 bridgehead atoms. The van der Waals surface area contributed by atoms with Gasteiger partial charge in [0, 0.05) is 23.8 Å². The monoisotopic (exact) mass is 358 g/mol. The van der Waals surface area contributed by atoms with Crippen LogP contribution < -0.4 is 10.2 Å². The fraction of sp³-hybridized carbons (Fsp3) is 0.238. The van der Waals surface area contributed by atoms with E-state index in [4.69, 9.17) is 0 Å². The molecule has 1 aromatic heterocycles. The number of hydrogen-bond acceptors (Lipinski definition) is 4. The molecule has 1 N–H and O–H groups in total. The Balaban J connectivity index is 1.39. The lowest BCUT2D eigenvalue weighted by Gasteiger charge is -2.18. The van der Waals surface area contributed by atoms with E-state index in [-0.39, 0.29) is 23.4 Å². The maximum Gasteiger partial charge on any atom is 0.275 e. The molecule has 1 fully saturated rings. The molecule has 134 valence electrons. The standard InChI is InChI=1S/C21H18N4O2/c26-20(18-12-22-16-3-1-2-4-17(16)24-18)23-15-8-7-13-9-10-25(19(13)11-15)21(27)14-5-6-14/h1-4,7-8,11-12,14H,5-6,9-10H2,(H,23,26). The first-order valence-corrected chi connectivity index (χ1v) is 9.16. The van der Waals surface area contributed by atoms with Gasteiger partial charge < -0.3 is 10.2 Å². The fourth-order valence-electron chi connectivity index (χ4n) is 3.50. The van der Waals surface area contributed by atoms with Crippen LogP contribution in [0, 0.1) is 5.92 Å². The lowest BCUT2D eigenvalue weighted by atomic mass is 10.1. The number of nitrogens with one attached hydrogen (secondary N) is 1. The first kappa shape index (κ1) is 15.9. The van der Waals surface area contributed by atoms with Gasteiger partial charge in [0.25, 0.3) is 5.91 Å². The van der Waals surface area contributed by atoms with Gasteiger partial charge in [-0.05, 0) is 49.1 Å². The molecule has 6 nitrogen and oxygen atoms in total. The van der Waals surface area contributed by atoms with Gasteiger partial charge in [-0.3, -0.25) is 14.6 Å². The number of amides is 2. The van der Waals surface area contributed by atoms with Gasteiger partial charge >= 0.3 is 0 Å². The number of hydrogen-bond donors (Lipinski definition) is 1. The molecule has 2 amide bonds. The molecule has 0 saturated heterocycles. The quantitative estimate of drug-likeness (QED) is 0.780. The summed E-state index contributed by atoms with van der Waals surface area (Å²) in [5.74, 6) is 0.0750. The van der Waals surface area contributed by atoms with Crippen LogP contribution in [0.1, 0.15) is 28.9 Å². The molecule has 2 heterocycles. The average molecular weight is 358 g/mol. The highest BCUT2D eigenvalue weighted by Gasteiger charge is 2.36. The van der Waals surface area contributed by atoms with E-state index in [9.17, 15) is 9.59 Å². The molecule has 1 aliphatic carbocycles. The van der Waals surface area contributed by atoms with E-state index in [1.165, 1.54) is 6.20 Å². The van der Waals surface area contributed by atoms with E-state index in [1.807, 2.05) is 47.4 Å². The summed E-state index contributed by atoms with van der Waals surface area (Å²) in [5.41, 5.74) is 4.41. The highest BCUT2D eigenvalue weighted by Crippen LogP contribution is 2.37. The Labute approximate surface area is 156 Å². The van der Waals surface area contributed by atoms with Crippen LogP contribution in [0.4, 0.5) is 11.4 Å². The lowest BCUT2D eigenvalue weighted by molar-refractivity contribution is -0.119. The zero-order valence-corrected chi connectivity index (χ0v) is 14.7. The van der Waals surface area contributed by atoms with Gasteiger partial charge in [0.1, 0.15) is 5.69 Å². The normalized spacial score (nSPS) is 15.6. The molecule has 1 saturated carbocycles. The minimum Gasteiger partial charge on any atom is -0.321 e. The number of para-hydroxylation sites is 2. The van der Waals surface area contributed by atoms with Crippen LogP contribution in [0.2, 0.25) is 0 Å². The molecule has 6 heteroatoms. The topological polar surface area (TPSA) is 75.2 Å². The summed E-state index contributed by atoms with van der Waals surface area (Å²) in [5, 5.41) is 2.88. The second-order valence-electron chi connectivity index (χ2n) is 7.06. The van der Waals surface area contributed by atoms with Crippen LogP contribution in [0.5, 0.6) is 0 Å². The number of nitrogens with zero attached hydrogens (tertiary/aromatic N) is 3. The smallest absolute Gasteiger partial charge is 0.275 e. The first-order chi connectivity index (χ1) is 13.2. The molecule has 2 aromatic carbocycles. The van der Waals surface area contributed by atoms with Gasteiger partial charge in [0.15, 0.2) is 0 Å². The van der Waals surface area contributed by atoms with Crippen LogP contribution in [0.25, 0.3) is 11.0 Å². The number of carbonyl (C=O) groups is 2. The summed E-state index contributed by atoms with van der Waals surface area (Å²) < 4.78 is 0. The van der Waals surface area contributed by atoms with Gasteiger partial charge in [-0.1, -0.05) is 18.2 Å². The van der Waals surface area contributed by atoms with Gasteiger partial charge in [0.2, 0.25) is 5.91 Å². The minimum atomic E-state index is -0.314. The van der Waals surface area contributed by atoms with E-state index in [2.05, 4.69) is 15.3 Å². The van der Waals surface area contributed by atoms with Crippen molar-refractivity contribution < 1.29 is 9.59 Å². The Morgan fingerprint density at radius 3 is 2.70 bits per heavy atom.